The van der Waals surface area contributed by atoms with Crippen LogP contribution in [0.2, 0.25) is 0 Å². The molecule has 2 aromatic heterocycles. The molecule has 0 saturated carbocycles. The Morgan fingerprint density at radius 1 is 1.33 bits per heavy atom. The zero-order valence-electron chi connectivity index (χ0n) is 12.1. The van der Waals surface area contributed by atoms with E-state index in [9.17, 15) is 0 Å². The van der Waals surface area contributed by atoms with E-state index in [2.05, 4.69) is 25.0 Å². The fourth-order valence-electron chi connectivity index (χ4n) is 2.41. The summed E-state index contributed by atoms with van der Waals surface area (Å²) >= 11 is 0. The van der Waals surface area contributed by atoms with Crippen LogP contribution in [0.4, 0.5) is 5.82 Å². The van der Waals surface area contributed by atoms with E-state index in [1.165, 1.54) is 0 Å². The number of ether oxygens (including phenoxy) is 1. The summed E-state index contributed by atoms with van der Waals surface area (Å²) in [5.74, 6) is 2.38. The molecule has 8 heteroatoms. The van der Waals surface area contributed by atoms with Crippen molar-refractivity contribution in [3.63, 3.8) is 0 Å². The van der Waals surface area contributed by atoms with Gasteiger partial charge in [-0.15, -0.1) is 0 Å². The van der Waals surface area contributed by atoms with Gasteiger partial charge in [-0.25, -0.2) is 9.97 Å². The largest absolute Gasteiger partial charge is 0.384 e. The summed E-state index contributed by atoms with van der Waals surface area (Å²) in [4.78, 5) is 14.9. The predicted octanol–water partition coefficient (Wildman–Crippen LogP) is 0.632. The molecule has 0 spiro atoms. The van der Waals surface area contributed by atoms with Gasteiger partial charge in [-0.3, -0.25) is 4.90 Å². The maximum atomic E-state index is 5.80. The maximum Gasteiger partial charge on any atom is 0.223 e. The molecule has 3 heterocycles. The molecule has 0 aromatic carbocycles. The van der Waals surface area contributed by atoms with Crippen LogP contribution in [0.1, 0.15) is 29.3 Å². The average Bonchev–Trinajstić information content (AvgIpc) is 2.83. The summed E-state index contributed by atoms with van der Waals surface area (Å²) in [6.07, 6.45) is -0.115. The smallest absolute Gasteiger partial charge is 0.223 e. The van der Waals surface area contributed by atoms with Gasteiger partial charge in [0.15, 0.2) is 5.82 Å². The molecule has 1 saturated heterocycles. The Bertz CT molecular complexity index is 609. The topological polar surface area (TPSA) is 103 Å². The lowest BCUT2D eigenvalue weighted by molar-refractivity contribution is -0.0359. The van der Waals surface area contributed by atoms with Crippen LogP contribution >= 0.6 is 0 Å². The van der Waals surface area contributed by atoms with Crippen LogP contribution in [0.3, 0.4) is 0 Å². The first kappa shape index (κ1) is 13.9. The summed E-state index contributed by atoms with van der Waals surface area (Å²) in [6.45, 7) is 6.40. The summed E-state index contributed by atoms with van der Waals surface area (Å²) in [5.41, 5.74) is 6.59. The second-order valence-electron chi connectivity index (χ2n) is 5.09. The van der Waals surface area contributed by atoms with Crippen LogP contribution in [0.5, 0.6) is 0 Å². The van der Waals surface area contributed by atoms with Gasteiger partial charge in [0.1, 0.15) is 17.7 Å². The minimum absolute atomic E-state index is 0.115. The van der Waals surface area contributed by atoms with Crippen LogP contribution in [0, 0.1) is 13.8 Å². The van der Waals surface area contributed by atoms with Crippen LogP contribution < -0.4 is 5.73 Å². The quantitative estimate of drug-likeness (QED) is 0.878. The Morgan fingerprint density at radius 3 is 2.90 bits per heavy atom. The first-order valence-electron chi connectivity index (χ1n) is 6.84. The van der Waals surface area contributed by atoms with E-state index < -0.39 is 0 Å². The zero-order chi connectivity index (χ0) is 14.8. The second-order valence-corrected chi connectivity index (χ2v) is 5.09. The molecule has 1 fully saturated rings. The van der Waals surface area contributed by atoms with Crippen LogP contribution in [-0.2, 0) is 11.3 Å². The van der Waals surface area contributed by atoms with Crippen LogP contribution in [0.25, 0.3) is 0 Å². The molecular weight excluding hydrogens is 272 g/mol. The standard InChI is InChI=1S/C13H18N6O2/c1-8-15-10(5-12(14)16-8)11-6-19(3-4-20-11)7-13-17-9(2)21-18-13/h5,11H,3-4,6-7H2,1-2H3,(H2,14,15,16)/t11-/m1/s1. The fourth-order valence-corrected chi connectivity index (χ4v) is 2.41. The molecule has 3 rings (SSSR count). The number of nitrogens with two attached hydrogens (primary N) is 1. The number of hydrogen-bond acceptors (Lipinski definition) is 8. The molecule has 0 aliphatic carbocycles. The van der Waals surface area contributed by atoms with Gasteiger partial charge in [-0.05, 0) is 6.92 Å². The number of rotatable bonds is 3. The molecule has 1 aliphatic rings. The lowest BCUT2D eigenvalue weighted by atomic mass is 10.2. The van der Waals surface area contributed by atoms with Crippen molar-refractivity contribution in [1.82, 2.24) is 25.0 Å². The number of morpholine rings is 1. The highest BCUT2D eigenvalue weighted by Gasteiger charge is 2.24. The molecule has 21 heavy (non-hydrogen) atoms. The van der Waals surface area contributed by atoms with Crippen molar-refractivity contribution in [2.24, 2.45) is 0 Å². The number of anilines is 1. The molecule has 1 aliphatic heterocycles. The maximum absolute atomic E-state index is 5.80. The van der Waals surface area contributed by atoms with Gasteiger partial charge >= 0.3 is 0 Å². The van der Waals surface area contributed by atoms with E-state index in [4.69, 9.17) is 15.0 Å². The van der Waals surface area contributed by atoms with Crippen LogP contribution in [0.15, 0.2) is 10.6 Å². The van der Waals surface area contributed by atoms with Crippen LogP contribution in [-0.4, -0.2) is 44.7 Å². The highest BCUT2D eigenvalue weighted by molar-refractivity contribution is 5.30. The molecule has 0 amide bonds. The third kappa shape index (κ3) is 3.34. The molecule has 1 atom stereocenters. The van der Waals surface area contributed by atoms with Crippen molar-refractivity contribution < 1.29 is 9.26 Å². The Hall–Kier alpha value is -2.06. The van der Waals surface area contributed by atoms with E-state index >= 15 is 0 Å². The van der Waals surface area contributed by atoms with E-state index in [-0.39, 0.29) is 6.10 Å². The van der Waals surface area contributed by atoms with Crippen molar-refractivity contribution in [3.8, 4) is 0 Å². The molecule has 0 radical (unpaired) electrons. The lowest BCUT2D eigenvalue weighted by Gasteiger charge is -2.31. The van der Waals surface area contributed by atoms with E-state index in [0.29, 0.717) is 43.1 Å². The molecule has 2 aromatic rings. The molecule has 0 unspecified atom stereocenters. The minimum atomic E-state index is -0.115. The molecule has 112 valence electrons. The predicted molar refractivity (Wildman–Crippen MR) is 74.2 cm³/mol. The van der Waals surface area contributed by atoms with Crippen molar-refractivity contribution in [1.29, 1.82) is 0 Å². The number of nitrogens with zero attached hydrogens (tertiary/aromatic N) is 5. The number of nitrogen functional groups attached to an aromatic ring is 1. The molecule has 8 nitrogen and oxygen atoms in total. The van der Waals surface area contributed by atoms with Gasteiger partial charge < -0.3 is 15.0 Å². The SMILES string of the molecule is Cc1nc(N)cc([C@H]2CN(Cc3noc(C)n3)CCO2)n1. The Kier molecular flexibility index (Phi) is 3.80. The molecule has 2 N–H and O–H groups in total. The Labute approximate surface area is 122 Å². The van der Waals surface area contributed by atoms with E-state index in [1.807, 2.05) is 6.92 Å². The fraction of sp³-hybridized carbons (Fsp3) is 0.538. The highest BCUT2D eigenvalue weighted by Crippen LogP contribution is 2.22. The van der Waals surface area contributed by atoms with Crippen molar-refractivity contribution in [2.75, 3.05) is 25.4 Å². The summed E-state index contributed by atoms with van der Waals surface area (Å²) in [5, 5.41) is 3.92. The minimum Gasteiger partial charge on any atom is -0.384 e. The van der Waals surface area contributed by atoms with Crippen molar-refractivity contribution >= 4 is 5.82 Å². The average molecular weight is 290 g/mol. The van der Waals surface area contributed by atoms with Crippen molar-refractivity contribution in [3.05, 3.63) is 29.3 Å². The monoisotopic (exact) mass is 290 g/mol. The van der Waals surface area contributed by atoms with Gasteiger partial charge in [0.05, 0.1) is 18.8 Å². The number of aromatic nitrogens is 4. The van der Waals surface area contributed by atoms with E-state index in [0.717, 1.165) is 12.2 Å². The first-order chi connectivity index (χ1) is 10.1. The van der Waals surface area contributed by atoms with Crippen molar-refractivity contribution in [2.45, 2.75) is 26.5 Å². The second kappa shape index (κ2) is 5.74. The number of hydrogen-bond donors (Lipinski definition) is 1. The van der Waals surface area contributed by atoms with Gasteiger partial charge in [0.2, 0.25) is 5.89 Å². The first-order valence-corrected chi connectivity index (χ1v) is 6.84. The normalized spacial score (nSPS) is 19.8. The van der Waals surface area contributed by atoms with Gasteiger partial charge in [-0.1, -0.05) is 5.16 Å². The third-order valence-corrected chi connectivity index (χ3v) is 3.29. The zero-order valence-corrected chi connectivity index (χ0v) is 12.1. The van der Waals surface area contributed by atoms with E-state index in [1.54, 1.807) is 13.0 Å². The van der Waals surface area contributed by atoms with Gasteiger partial charge in [0, 0.05) is 26.1 Å². The molecule has 0 bridgehead atoms. The highest BCUT2D eigenvalue weighted by atomic mass is 16.5. The summed E-state index contributed by atoms with van der Waals surface area (Å²) < 4.78 is 10.8. The summed E-state index contributed by atoms with van der Waals surface area (Å²) in [7, 11) is 0. The van der Waals surface area contributed by atoms with Gasteiger partial charge in [-0.2, -0.15) is 4.98 Å². The third-order valence-electron chi connectivity index (χ3n) is 3.29. The molecular formula is C13H18N6O2. The lowest BCUT2D eigenvalue weighted by Crippen LogP contribution is -2.38. The van der Waals surface area contributed by atoms with Gasteiger partial charge in [0.25, 0.3) is 0 Å². The Morgan fingerprint density at radius 2 is 2.19 bits per heavy atom. The Balaban J connectivity index is 1.70. The number of aryl methyl sites for hydroxylation is 2. The summed E-state index contributed by atoms with van der Waals surface area (Å²) in [6, 6.07) is 1.76.